The smallest absolute Gasteiger partial charge is 0.410 e. The van der Waals surface area contributed by atoms with Crippen molar-refractivity contribution in [1.82, 2.24) is 4.90 Å². The van der Waals surface area contributed by atoms with Crippen LogP contribution in [0.3, 0.4) is 0 Å². The second kappa shape index (κ2) is 19.5. The van der Waals surface area contributed by atoms with Gasteiger partial charge in [-0.05, 0) is 86.4 Å². The maximum Gasteiger partial charge on any atom is 0.410 e. The first-order chi connectivity index (χ1) is 26.3. The first kappa shape index (κ1) is 41.1. The number of aliphatic hydroxyl groups excluding tert-OH is 2. The lowest BCUT2D eigenvalue weighted by Crippen LogP contribution is -2.69. The van der Waals surface area contributed by atoms with Gasteiger partial charge in [0, 0.05) is 38.2 Å². The van der Waals surface area contributed by atoms with Crippen molar-refractivity contribution in [2.24, 2.45) is 22.9 Å². The average molecular weight is 769 g/mol. The number of halogens is 1. The molecule has 5 rings (SSSR count). The van der Waals surface area contributed by atoms with Crippen LogP contribution in [0.1, 0.15) is 73.7 Å². The van der Waals surface area contributed by atoms with Crippen LogP contribution in [-0.2, 0) is 14.3 Å². The van der Waals surface area contributed by atoms with Gasteiger partial charge in [0.05, 0.1) is 36.8 Å². The summed E-state index contributed by atoms with van der Waals surface area (Å²) in [4.78, 5) is 32.6. The fourth-order valence-electron chi connectivity index (χ4n) is 8.29. The lowest BCUT2D eigenvalue weighted by molar-refractivity contribution is -0.253. The summed E-state index contributed by atoms with van der Waals surface area (Å²) in [5, 5.41) is 24.2. The lowest BCUT2D eigenvalue weighted by Gasteiger charge is -2.59. The number of likely N-dealkylation sites (N-methyl/N-ethyl adjacent to an activating group) is 1. The van der Waals surface area contributed by atoms with Crippen molar-refractivity contribution in [3.05, 3.63) is 71.8 Å². The molecule has 13 heteroatoms. The quantitative estimate of drug-likeness (QED) is 0.0464. The Morgan fingerprint density at radius 3 is 2.54 bits per heavy atom. The molecular weight excluding hydrogens is 716 g/mol. The van der Waals surface area contributed by atoms with Crippen molar-refractivity contribution >= 4 is 29.7 Å². The molecule has 0 saturated heterocycles. The zero-order valence-electron chi connectivity index (χ0n) is 31.4. The fourth-order valence-corrected chi connectivity index (χ4v) is 8.37. The lowest BCUT2D eigenvalue weighted by atomic mass is 9.55. The van der Waals surface area contributed by atoms with E-state index in [0.717, 1.165) is 43.1 Å². The summed E-state index contributed by atoms with van der Waals surface area (Å²) >= 11 is 5.90. The summed E-state index contributed by atoms with van der Waals surface area (Å²) in [5.41, 5.74) is 2.87. The van der Waals surface area contributed by atoms with Gasteiger partial charge in [0.15, 0.2) is 6.29 Å². The topological polar surface area (TPSA) is 146 Å². The van der Waals surface area contributed by atoms with Crippen LogP contribution in [0.5, 0.6) is 23.0 Å². The number of nitrogens with zero attached hydrogens (tertiary/aromatic N) is 2. The molecule has 1 fully saturated rings. The molecule has 12 nitrogen and oxygen atoms in total. The summed E-state index contributed by atoms with van der Waals surface area (Å²) in [7, 11) is 3.17. The molecule has 294 valence electrons. The first-order valence-corrected chi connectivity index (χ1v) is 19.3. The number of rotatable bonds is 20. The van der Waals surface area contributed by atoms with Crippen molar-refractivity contribution in [3.8, 4) is 23.0 Å². The van der Waals surface area contributed by atoms with Crippen molar-refractivity contribution in [3.63, 3.8) is 0 Å². The van der Waals surface area contributed by atoms with E-state index in [1.165, 1.54) is 12.0 Å². The Kier molecular flexibility index (Phi) is 14.8. The third kappa shape index (κ3) is 8.72. The predicted octanol–water partition coefficient (Wildman–Crippen LogP) is 7.26. The molecule has 2 aromatic rings. The van der Waals surface area contributed by atoms with Gasteiger partial charge in [-0.15, -0.1) is 18.2 Å². The Balaban J connectivity index is 1.73. The highest BCUT2D eigenvalue weighted by Gasteiger charge is 2.65. The largest absolute Gasteiger partial charge is 0.496 e. The molecule has 0 radical (unpaired) electrons. The number of aliphatic hydroxyl groups is 2. The van der Waals surface area contributed by atoms with E-state index in [9.17, 15) is 19.8 Å². The van der Waals surface area contributed by atoms with Gasteiger partial charge in [-0.3, -0.25) is 4.79 Å². The van der Waals surface area contributed by atoms with E-state index < -0.39 is 23.8 Å². The molecule has 54 heavy (non-hydrogen) atoms. The van der Waals surface area contributed by atoms with E-state index in [0.29, 0.717) is 53.7 Å². The number of oxime groups is 1. The Bertz CT molecular complexity index is 1670. The Morgan fingerprint density at radius 2 is 1.85 bits per heavy atom. The van der Waals surface area contributed by atoms with Crippen LogP contribution in [0.4, 0.5) is 4.79 Å². The van der Waals surface area contributed by atoms with Gasteiger partial charge in [-0.1, -0.05) is 30.1 Å². The van der Waals surface area contributed by atoms with Crippen LogP contribution < -0.4 is 14.2 Å². The number of aldehydes is 1. The normalized spacial score (nSPS) is 24.7. The van der Waals surface area contributed by atoms with Crippen LogP contribution in [0, 0.1) is 17.8 Å². The SMILES string of the molecule is C=CCOC12Oc3ccc(Oc4ccc(OC)c(C=O)c4)cc3C3C(CCCCO)C(CCCCO)C=C(C(=NOCC)CC1N(C)C(=O)OCCCl)C32. The molecule has 0 bridgehead atoms. The molecule has 2 aliphatic carbocycles. The van der Waals surface area contributed by atoms with Crippen LogP contribution in [0.25, 0.3) is 0 Å². The van der Waals surface area contributed by atoms with Gasteiger partial charge in [0.1, 0.15) is 42.3 Å². The van der Waals surface area contributed by atoms with Gasteiger partial charge in [0.25, 0.3) is 0 Å². The monoisotopic (exact) mass is 768 g/mol. The molecule has 6 atom stereocenters. The Morgan fingerprint density at radius 1 is 1.11 bits per heavy atom. The summed E-state index contributed by atoms with van der Waals surface area (Å²) in [6.07, 6.45) is 8.86. The zero-order valence-corrected chi connectivity index (χ0v) is 32.2. The number of allylic oxidation sites excluding steroid dienone is 1. The van der Waals surface area contributed by atoms with E-state index in [-0.39, 0.29) is 56.5 Å². The van der Waals surface area contributed by atoms with Gasteiger partial charge in [-0.2, -0.15) is 0 Å². The molecule has 1 heterocycles. The minimum Gasteiger partial charge on any atom is -0.496 e. The summed E-state index contributed by atoms with van der Waals surface area (Å²) in [6, 6.07) is 10.0. The summed E-state index contributed by atoms with van der Waals surface area (Å²) in [6.45, 7) is 6.51. The van der Waals surface area contributed by atoms with Gasteiger partial charge in [-0.25, -0.2) is 4.79 Å². The summed E-state index contributed by atoms with van der Waals surface area (Å²) < 4.78 is 31.2. The number of amides is 1. The third-order valence-corrected chi connectivity index (χ3v) is 10.7. The Labute approximate surface area is 322 Å². The number of ether oxygens (including phenoxy) is 5. The highest BCUT2D eigenvalue weighted by atomic mass is 35.5. The molecule has 1 saturated carbocycles. The molecule has 0 spiro atoms. The maximum atomic E-state index is 13.6. The molecular formula is C41H53ClN2O10. The van der Waals surface area contributed by atoms with E-state index in [1.807, 2.05) is 25.1 Å². The first-order valence-electron chi connectivity index (χ1n) is 18.8. The van der Waals surface area contributed by atoms with E-state index >= 15 is 0 Å². The third-order valence-electron chi connectivity index (χ3n) is 10.6. The number of hydrogen-bond acceptors (Lipinski definition) is 11. The number of methoxy groups -OCH3 is 1. The Hall–Kier alpha value is -4.10. The van der Waals surface area contributed by atoms with E-state index in [4.69, 9.17) is 40.1 Å². The van der Waals surface area contributed by atoms with E-state index in [1.54, 1.807) is 31.3 Å². The van der Waals surface area contributed by atoms with Crippen molar-refractivity contribution in [1.29, 1.82) is 0 Å². The van der Waals surface area contributed by atoms with Crippen molar-refractivity contribution in [2.75, 3.05) is 53.1 Å². The molecule has 2 N–H and O–H groups in total. The number of carbonyl (C=O) groups excluding carboxylic acids is 2. The van der Waals surface area contributed by atoms with Crippen molar-refractivity contribution < 1.29 is 48.3 Å². The standard InChI is InChI=1S/C41H53ClN2O10/c1-5-20-51-41-37(44(3)40(48)50-21-17-42)25-34(43-52-6-2)32-23-27(11-7-9-18-45)31(12-8-10-19-46)38(39(32)41)33-24-30(14-16-36(33)54-41)53-29-13-15-35(49-4)28(22-29)26-47/h5,13-16,22-24,26-27,31,37-39,45-46H,1,6-12,17-21,25H2,2-4H3. The fraction of sp³-hybridized carbons (Fsp3) is 0.537. The van der Waals surface area contributed by atoms with Crippen LogP contribution in [-0.4, -0.2) is 98.1 Å². The van der Waals surface area contributed by atoms with Gasteiger partial charge >= 0.3 is 6.09 Å². The molecule has 1 amide bonds. The average Bonchev–Trinajstić information content (AvgIpc) is 3.19. The number of benzene rings is 2. The second-order valence-corrected chi connectivity index (χ2v) is 14.1. The molecule has 3 aliphatic rings. The number of unbranched alkanes of at least 4 members (excludes halogenated alkanes) is 2. The molecule has 1 aliphatic heterocycles. The molecule has 6 unspecified atom stereocenters. The predicted molar refractivity (Wildman–Crippen MR) is 205 cm³/mol. The highest BCUT2D eigenvalue weighted by molar-refractivity contribution is 6.18. The molecule has 2 aromatic carbocycles. The molecule has 0 aromatic heterocycles. The van der Waals surface area contributed by atoms with Crippen molar-refractivity contribution in [2.45, 2.75) is 69.6 Å². The van der Waals surface area contributed by atoms with Gasteiger partial charge in [0.2, 0.25) is 5.79 Å². The zero-order chi connectivity index (χ0) is 38.7. The number of fused-ring (bicyclic) bond motifs is 2. The van der Waals surface area contributed by atoms with Crippen LogP contribution in [0.2, 0.25) is 0 Å². The minimum absolute atomic E-state index is 0.0342. The van der Waals surface area contributed by atoms with Gasteiger partial charge < -0.3 is 43.6 Å². The van der Waals surface area contributed by atoms with E-state index in [2.05, 4.69) is 17.8 Å². The van der Waals surface area contributed by atoms with Crippen LogP contribution in [0.15, 0.2) is 65.9 Å². The number of alkyl halides is 1. The summed E-state index contributed by atoms with van der Waals surface area (Å²) in [5.74, 6) is 0.174. The number of carbonyl (C=O) groups is 2. The van der Waals surface area contributed by atoms with Crippen LogP contribution >= 0.6 is 11.6 Å². The highest BCUT2D eigenvalue weighted by Crippen LogP contribution is 2.62. The second-order valence-electron chi connectivity index (χ2n) is 13.7. The maximum absolute atomic E-state index is 13.6. The number of hydrogen-bond donors (Lipinski definition) is 2. The minimum atomic E-state index is -1.40.